The van der Waals surface area contributed by atoms with Gasteiger partial charge in [0.15, 0.2) is 0 Å². The summed E-state index contributed by atoms with van der Waals surface area (Å²) in [7, 11) is 0. The number of benzene rings is 1. The first-order valence-electron chi connectivity index (χ1n) is 8.62. The fourth-order valence-electron chi connectivity index (χ4n) is 3.54. The minimum absolute atomic E-state index is 0.605. The molecule has 0 bridgehead atoms. The maximum Gasteiger partial charge on any atom is 0.119 e. The van der Waals surface area contributed by atoms with E-state index in [1.807, 2.05) is 30.3 Å². The quantitative estimate of drug-likeness (QED) is 0.797. The highest BCUT2D eigenvalue weighted by Gasteiger charge is 2.29. The van der Waals surface area contributed by atoms with Crippen LogP contribution in [0.25, 0.3) is 0 Å². The Morgan fingerprint density at radius 3 is 2.57 bits per heavy atom. The Bertz CT molecular complexity index is 392. The van der Waals surface area contributed by atoms with Crippen LogP contribution in [-0.4, -0.2) is 19.2 Å². The second-order valence-electron chi connectivity index (χ2n) is 6.64. The Labute approximate surface area is 130 Å². The lowest BCUT2D eigenvalue weighted by molar-refractivity contribution is 0.155. The van der Waals surface area contributed by atoms with Gasteiger partial charge < -0.3 is 10.1 Å². The first-order chi connectivity index (χ1) is 10.2. The zero-order chi connectivity index (χ0) is 15.1. The number of rotatable bonds is 7. The summed E-state index contributed by atoms with van der Waals surface area (Å²) in [5.74, 6) is 3.55. The zero-order valence-electron chi connectivity index (χ0n) is 13.8. The highest BCUT2D eigenvalue weighted by Crippen LogP contribution is 2.35. The van der Waals surface area contributed by atoms with E-state index in [1.54, 1.807) is 0 Å². The molecule has 4 unspecified atom stereocenters. The molecule has 1 aromatic rings. The molecule has 21 heavy (non-hydrogen) atoms. The summed E-state index contributed by atoms with van der Waals surface area (Å²) in [6.45, 7) is 8.89. The number of nitrogens with one attached hydrogen (secondary N) is 1. The van der Waals surface area contributed by atoms with Crippen molar-refractivity contribution in [1.29, 1.82) is 0 Å². The van der Waals surface area contributed by atoms with E-state index >= 15 is 0 Å². The largest absolute Gasteiger partial charge is 0.494 e. The normalized spacial score (nSPS) is 27.3. The van der Waals surface area contributed by atoms with Crippen molar-refractivity contribution in [2.24, 2.45) is 17.8 Å². The molecule has 0 aromatic heterocycles. The van der Waals surface area contributed by atoms with Crippen LogP contribution in [0.4, 0.5) is 0 Å². The third kappa shape index (κ3) is 5.03. The highest BCUT2D eigenvalue weighted by molar-refractivity contribution is 5.20. The third-order valence-electron chi connectivity index (χ3n) is 5.11. The molecule has 1 fully saturated rings. The molecule has 0 aliphatic heterocycles. The Morgan fingerprint density at radius 2 is 1.90 bits per heavy atom. The molecule has 1 aliphatic rings. The van der Waals surface area contributed by atoms with Crippen LogP contribution in [0.3, 0.4) is 0 Å². The zero-order valence-corrected chi connectivity index (χ0v) is 13.8. The van der Waals surface area contributed by atoms with Gasteiger partial charge in [0.2, 0.25) is 0 Å². The molecule has 1 saturated carbocycles. The highest BCUT2D eigenvalue weighted by atomic mass is 16.5. The molecule has 1 N–H and O–H groups in total. The average molecular weight is 289 g/mol. The molecule has 0 amide bonds. The van der Waals surface area contributed by atoms with Crippen LogP contribution < -0.4 is 10.1 Å². The van der Waals surface area contributed by atoms with Crippen LogP contribution in [0, 0.1) is 17.8 Å². The second kappa shape index (κ2) is 8.43. The molecule has 2 rings (SSSR count). The number of hydrogen-bond donors (Lipinski definition) is 1. The maximum atomic E-state index is 5.88. The monoisotopic (exact) mass is 289 g/mol. The minimum Gasteiger partial charge on any atom is -0.494 e. The summed E-state index contributed by atoms with van der Waals surface area (Å²) in [4.78, 5) is 0. The van der Waals surface area contributed by atoms with Gasteiger partial charge in [-0.15, -0.1) is 0 Å². The fourth-order valence-corrected chi connectivity index (χ4v) is 3.54. The summed E-state index contributed by atoms with van der Waals surface area (Å²) >= 11 is 0. The Balaban J connectivity index is 1.81. The van der Waals surface area contributed by atoms with Crippen molar-refractivity contribution in [3.63, 3.8) is 0 Å². The molecular weight excluding hydrogens is 258 g/mol. The molecular formula is C19H31NO. The van der Waals surface area contributed by atoms with Gasteiger partial charge in [-0.3, -0.25) is 0 Å². The van der Waals surface area contributed by atoms with E-state index in [0.29, 0.717) is 6.04 Å². The number of para-hydroxylation sites is 1. The van der Waals surface area contributed by atoms with Crippen molar-refractivity contribution < 1.29 is 4.74 Å². The van der Waals surface area contributed by atoms with Crippen LogP contribution in [0.1, 0.15) is 46.5 Å². The lowest BCUT2D eigenvalue weighted by Gasteiger charge is -2.37. The number of hydrogen-bond acceptors (Lipinski definition) is 2. The van der Waals surface area contributed by atoms with Crippen LogP contribution in [0.2, 0.25) is 0 Å². The maximum absolute atomic E-state index is 5.88. The van der Waals surface area contributed by atoms with Gasteiger partial charge in [0.25, 0.3) is 0 Å². The van der Waals surface area contributed by atoms with Crippen molar-refractivity contribution in [2.45, 2.75) is 52.5 Å². The van der Waals surface area contributed by atoms with Crippen LogP contribution in [0.5, 0.6) is 5.75 Å². The number of ether oxygens (including phenoxy) is 1. The summed E-state index contributed by atoms with van der Waals surface area (Å²) in [5.41, 5.74) is 0. The van der Waals surface area contributed by atoms with Crippen molar-refractivity contribution in [3.05, 3.63) is 30.3 Å². The smallest absolute Gasteiger partial charge is 0.119 e. The summed E-state index contributed by atoms with van der Waals surface area (Å²) in [5, 5.41) is 3.69. The SMILES string of the molecule is CCNC(CCOc1ccccc1)C1CCC(C)C(C)C1. The minimum atomic E-state index is 0.605. The molecule has 0 radical (unpaired) electrons. The average Bonchev–Trinajstić information content (AvgIpc) is 2.50. The first-order valence-corrected chi connectivity index (χ1v) is 8.62. The van der Waals surface area contributed by atoms with E-state index in [1.165, 1.54) is 19.3 Å². The van der Waals surface area contributed by atoms with Gasteiger partial charge in [-0.25, -0.2) is 0 Å². The van der Waals surface area contributed by atoms with E-state index in [4.69, 9.17) is 4.74 Å². The summed E-state index contributed by atoms with van der Waals surface area (Å²) < 4.78 is 5.88. The first kappa shape index (κ1) is 16.4. The molecule has 1 aromatic carbocycles. The lowest BCUT2D eigenvalue weighted by atomic mass is 9.72. The van der Waals surface area contributed by atoms with Crippen LogP contribution >= 0.6 is 0 Å². The van der Waals surface area contributed by atoms with Gasteiger partial charge in [-0.05, 0) is 55.7 Å². The topological polar surface area (TPSA) is 21.3 Å². The second-order valence-corrected chi connectivity index (χ2v) is 6.64. The van der Waals surface area contributed by atoms with Crippen LogP contribution in [-0.2, 0) is 0 Å². The molecule has 1 aliphatic carbocycles. The van der Waals surface area contributed by atoms with Crippen molar-refractivity contribution >= 4 is 0 Å². The molecule has 4 atom stereocenters. The standard InChI is InChI=1S/C19H31NO/c1-4-20-19(17-11-10-15(2)16(3)14-17)12-13-21-18-8-6-5-7-9-18/h5-9,15-17,19-20H,4,10-14H2,1-3H3. The fraction of sp³-hybridized carbons (Fsp3) is 0.684. The van der Waals surface area contributed by atoms with Crippen molar-refractivity contribution in [2.75, 3.05) is 13.2 Å². The third-order valence-corrected chi connectivity index (χ3v) is 5.11. The van der Waals surface area contributed by atoms with Gasteiger partial charge in [-0.1, -0.05) is 45.4 Å². The van der Waals surface area contributed by atoms with Crippen molar-refractivity contribution in [3.8, 4) is 5.75 Å². The summed E-state index contributed by atoms with van der Waals surface area (Å²) in [6, 6.07) is 10.8. The molecule has 0 saturated heterocycles. The Hall–Kier alpha value is -1.02. The van der Waals surface area contributed by atoms with E-state index in [2.05, 4.69) is 26.1 Å². The molecule has 0 spiro atoms. The summed E-state index contributed by atoms with van der Waals surface area (Å²) in [6.07, 6.45) is 5.22. The van der Waals surface area contributed by atoms with Gasteiger partial charge in [0, 0.05) is 6.04 Å². The molecule has 0 heterocycles. The lowest BCUT2D eigenvalue weighted by Crippen LogP contribution is -2.40. The molecule has 118 valence electrons. The van der Waals surface area contributed by atoms with E-state index in [-0.39, 0.29) is 0 Å². The Morgan fingerprint density at radius 1 is 1.14 bits per heavy atom. The van der Waals surface area contributed by atoms with E-state index in [9.17, 15) is 0 Å². The van der Waals surface area contributed by atoms with E-state index < -0.39 is 0 Å². The van der Waals surface area contributed by atoms with Crippen LogP contribution in [0.15, 0.2) is 30.3 Å². The van der Waals surface area contributed by atoms with Gasteiger partial charge in [0.05, 0.1) is 6.61 Å². The molecule has 2 nitrogen and oxygen atoms in total. The molecule has 2 heteroatoms. The van der Waals surface area contributed by atoms with Crippen molar-refractivity contribution in [1.82, 2.24) is 5.32 Å². The van der Waals surface area contributed by atoms with Gasteiger partial charge in [-0.2, -0.15) is 0 Å². The van der Waals surface area contributed by atoms with Gasteiger partial charge in [0.1, 0.15) is 5.75 Å². The predicted octanol–water partition coefficient (Wildman–Crippen LogP) is 4.51. The van der Waals surface area contributed by atoms with E-state index in [0.717, 1.165) is 43.1 Å². The van der Waals surface area contributed by atoms with Gasteiger partial charge >= 0.3 is 0 Å². The Kier molecular flexibility index (Phi) is 6.56. The predicted molar refractivity (Wildman–Crippen MR) is 89.7 cm³/mol.